The van der Waals surface area contributed by atoms with Crippen LogP contribution < -0.4 is 5.32 Å². The van der Waals surface area contributed by atoms with Crippen LogP contribution in [0.15, 0.2) is 47.4 Å². The third-order valence-electron chi connectivity index (χ3n) is 4.62. The van der Waals surface area contributed by atoms with Crippen LogP contribution in [-0.4, -0.2) is 36.7 Å². The number of nitrogens with one attached hydrogen (secondary N) is 1. The summed E-state index contributed by atoms with van der Waals surface area (Å²) in [7, 11) is -3.61. The maximum Gasteiger partial charge on any atom is 0.253 e. The van der Waals surface area contributed by atoms with Crippen molar-refractivity contribution in [3.63, 3.8) is 0 Å². The van der Waals surface area contributed by atoms with Crippen LogP contribution in [0.5, 0.6) is 0 Å². The van der Waals surface area contributed by atoms with E-state index in [2.05, 4.69) is 10.3 Å². The molecule has 1 aliphatic rings. The van der Waals surface area contributed by atoms with Gasteiger partial charge in [-0.25, -0.2) is 13.4 Å². The summed E-state index contributed by atoms with van der Waals surface area (Å²) in [5, 5.41) is 3.76. The monoisotopic (exact) mass is 435 g/mol. The molecule has 28 heavy (non-hydrogen) atoms. The predicted octanol–water partition coefficient (Wildman–Crippen LogP) is 3.66. The van der Waals surface area contributed by atoms with Crippen molar-refractivity contribution in [2.24, 2.45) is 0 Å². The van der Waals surface area contributed by atoms with E-state index in [1.807, 2.05) is 24.3 Å². The fraction of sp³-hybridized carbons (Fsp3) is 0.263. The number of aromatic nitrogens is 1. The minimum atomic E-state index is -3.61. The summed E-state index contributed by atoms with van der Waals surface area (Å²) in [6, 6.07) is 12.0. The molecular weight excluding hydrogens is 418 g/mol. The van der Waals surface area contributed by atoms with Gasteiger partial charge < -0.3 is 5.32 Å². The Morgan fingerprint density at radius 1 is 1.18 bits per heavy atom. The van der Waals surface area contributed by atoms with Crippen molar-refractivity contribution >= 4 is 49.1 Å². The SMILES string of the molecule is O=C(NCc1nc2ccccc2s1)c1cc(S(=O)(=O)N2CCCC2)ccc1Cl. The fourth-order valence-corrected chi connectivity index (χ4v) is 5.82. The van der Waals surface area contributed by atoms with Crippen molar-refractivity contribution in [2.75, 3.05) is 13.1 Å². The van der Waals surface area contributed by atoms with Crippen LogP contribution in [-0.2, 0) is 16.6 Å². The molecule has 2 heterocycles. The smallest absolute Gasteiger partial charge is 0.253 e. The molecule has 1 N–H and O–H groups in total. The van der Waals surface area contributed by atoms with Gasteiger partial charge in [-0.15, -0.1) is 11.3 Å². The van der Waals surface area contributed by atoms with E-state index in [0.29, 0.717) is 13.1 Å². The van der Waals surface area contributed by atoms with Crippen LogP contribution in [0.1, 0.15) is 28.2 Å². The lowest BCUT2D eigenvalue weighted by atomic mass is 10.2. The lowest BCUT2D eigenvalue weighted by Gasteiger charge is -2.16. The van der Waals surface area contributed by atoms with E-state index in [-0.39, 0.29) is 22.0 Å². The number of sulfonamides is 1. The van der Waals surface area contributed by atoms with E-state index >= 15 is 0 Å². The van der Waals surface area contributed by atoms with Gasteiger partial charge in [0.05, 0.1) is 32.2 Å². The number of amides is 1. The Morgan fingerprint density at radius 2 is 1.93 bits per heavy atom. The molecule has 0 atom stereocenters. The number of thiazole rings is 1. The number of halogens is 1. The number of carbonyl (C=O) groups is 1. The van der Waals surface area contributed by atoms with Crippen molar-refractivity contribution in [3.05, 3.63) is 58.1 Å². The molecule has 0 radical (unpaired) electrons. The zero-order valence-corrected chi connectivity index (χ0v) is 17.3. The van der Waals surface area contributed by atoms with Crippen LogP contribution in [0.3, 0.4) is 0 Å². The first-order chi connectivity index (χ1) is 13.4. The second kappa shape index (κ2) is 7.79. The van der Waals surface area contributed by atoms with Gasteiger partial charge in [-0.05, 0) is 43.2 Å². The van der Waals surface area contributed by atoms with E-state index in [9.17, 15) is 13.2 Å². The molecule has 1 fully saturated rings. The number of hydrogen-bond acceptors (Lipinski definition) is 5. The van der Waals surface area contributed by atoms with Crippen molar-refractivity contribution in [2.45, 2.75) is 24.3 Å². The van der Waals surface area contributed by atoms with Gasteiger partial charge in [0.15, 0.2) is 0 Å². The van der Waals surface area contributed by atoms with Crippen molar-refractivity contribution in [1.29, 1.82) is 0 Å². The largest absolute Gasteiger partial charge is 0.345 e. The number of rotatable bonds is 5. The van der Waals surface area contributed by atoms with Gasteiger partial charge in [-0.1, -0.05) is 23.7 Å². The van der Waals surface area contributed by atoms with Gasteiger partial charge in [-0.2, -0.15) is 4.31 Å². The standard InChI is InChI=1S/C19H18ClN3O3S2/c20-15-8-7-13(28(25,26)23-9-3-4-10-23)11-14(15)19(24)21-12-18-22-16-5-1-2-6-17(16)27-18/h1-2,5-8,11H,3-4,9-10,12H2,(H,21,24). The Kier molecular flexibility index (Phi) is 5.37. The lowest BCUT2D eigenvalue weighted by molar-refractivity contribution is 0.0951. The highest BCUT2D eigenvalue weighted by Crippen LogP contribution is 2.26. The third-order valence-corrected chi connectivity index (χ3v) is 7.88. The number of benzene rings is 2. The first-order valence-corrected chi connectivity index (χ1v) is 11.5. The second-order valence-corrected chi connectivity index (χ2v) is 9.97. The summed E-state index contributed by atoms with van der Waals surface area (Å²) in [6.45, 7) is 1.26. The first-order valence-electron chi connectivity index (χ1n) is 8.87. The zero-order chi connectivity index (χ0) is 19.7. The van der Waals surface area contributed by atoms with Gasteiger partial charge >= 0.3 is 0 Å². The molecule has 0 saturated carbocycles. The summed E-state index contributed by atoms with van der Waals surface area (Å²) < 4.78 is 28.0. The average Bonchev–Trinajstić information content (AvgIpc) is 3.36. The summed E-state index contributed by atoms with van der Waals surface area (Å²) in [6.07, 6.45) is 1.70. The highest BCUT2D eigenvalue weighted by atomic mass is 35.5. The number of fused-ring (bicyclic) bond motifs is 1. The van der Waals surface area contributed by atoms with Crippen LogP contribution >= 0.6 is 22.9 Å². The number of nitrogens with zero attached hydrogens (tertiary/aromatic N) is 2. The van der Waals surface area contributed by atoms with Crippen LogP contribution in [0.4, 0.5) is 0 Å². The summed E-state index contributed by atoms with van der Waals surface area (Å²) in [5.41, 5.74) is 1.02. The topological polar surface area (TPSA) is 79.4 Å². The quantitative estimate of drug-likeness (QED) is 0.663. The molecule has 9 heteroatoms. The van der Waals surface area contributed by atoms with Gasteiger partial charge in [0, 0.05) is 13.1 Å². The Labute approximate surface area is 172 Å². The maximum absolute atomic E-state index is 12.7. The van der Waals surface area contributed by atoms with Crippen molar-refractivity contribution in [1.82, 2.24) is 14.6 Å². The molecule has 0 spiro atoms. The van der Waals surface area contributed by atoms with Gasteiger partial charge in [0.1, 0.15) is 5.01 Å². The van der Waals surface area contributed by atoms with Gasteiger partial charge in [-0.3, -0.25) is 4.79 Å². The molecule has 2 aromatic carbocycles. The normalized spacial score (nSPS) is 15.2. The molecule has 0 bridgehead atoms. The van der Waals surface area contributed by atoms with Crippen molar-refractivity contribution < 1.29 is 13.2 Å². The fourth-order valence-electron chi connectivity index (χ4n) is 3.16. The third kappa shape index (κ3) is 3.77. The van der Waals surface area contributed by atoms with E-state index in [1.54, 1.807) is 0 Å². The van der Waals surface area contributed by atoms with Crippen LogP contribution in [0, 0.1) is 0 Å². The minimum absolute atomic E-state index is 0.0870. The van der Waals surface area contributed by atoms with Crippen LogP contribution in [0.2, 0.25) is 5.02 Å². The molecule has 1 amide bonds. The molecule has 146 valence electrons. The molecule has 4 rings (SSSR count). The first kappa shape index (κ1) is 19.3. The predicted molar refractivity (Wildman–Crippen MR) is 110 cm³/mol. The Balaban J connectivity index is 1.53. The van der Waals surface area contributed by atoms with E-state index < -0.39 is 15.9 Å². The molecule has 1 saturated heterocycles. The number of carbonyl (C=O) groups excluding carboxylic acids is 1. The summed E-state index contributed by atoms with van der Waals surface area (Å²) in [5.74, 6) is -0.428. The highest BCUT2D eigenvalue weighted by molar-refractivity contribution is 7.89. The lowest BCUT2D eigenvalue weighted by Crippen LogP contribution is -2.28. The minimum Gasteiger partial charge on any atom is -0.345 e. The average molecular weight is 436 g/mol. The molecule has 0 aliphatic carbocycles. The van der Waals surface area contributed by atoms with Gasteiger partial charge in [0.2, 0.25) is 10.0 Å². The Morgan fingerprint density at radius 3 is 2.68 bits per heavy atom. The molecular formula is C19H18ClN3O3S2. The van der Waals surface area contributed by atoms with E-state index in [1.165, 1.54) is 33.8 Å². The molecule has 3 aromatic rings. The highest BCUT2D eigenvalue weighted by Gasteiger charge is 2.28. The van der Waals surface area contributed by atoms with E-state index in [0.717, 1.165) is 28.1 Å². The van der Waals surface area contributed by atoms with Crippen molar-refractivity contribution in [3.8, 4) is 0 Å². The molecule has 6 nitrogen and oxygen atoms in total. The molecule has 0 unspecified atom stereocenters. The molecule has 1 aliphatic heterocycles. The maximum atomic E-state index is 12.7. The number of para-hydroxylation sites is 1. The van der Waals surface area contributed by atoms with Gasteiger partial charge in [0.25, 0.3) is 5.91 Å². The second-order valence-electron chi connectivity index (χ2n) is 6.51. The van der Waals surface area contributed by atoms with Crippen LogP contribution in [0.25, 0.3) is 10.2 Å². The molecule has 1 aromatic heterocycles. The number of hydrogen-bond donors (Lipinski definition) is 1. The summed E-state index contributed by atoms with van der Waals surface area (Å²) >= 11 is 7.67. The Bertz CT molecular complexity index is 1110. The summed E-state index contributed by atoms with van der Waals surface area (Å²) in [4.78, 5) is 17.2. The Hall–Kier alpha value is -2.00. The van der Waals surface area contributed by atoms with E-state index in [4.69, 9.17) is 11.6 Å². The zero-order valence-electron chi connectivity index (χ0n) is 14.9.